The minimum atomic E-state index is 0.515. The van der Waals surface area contributed by atoms with Crippen molar-refractivity contribution in [2.45, 2.75) is 12.8 Å². The van der Waals surface area contributed by atoms with Gasteiger partial charge in [0.2, 0.25) is 0 Å². The van der Waals surface area contributed by atoms with E-state index in [0.29, 0.717) is 5.41 Å². The maximum absolute atomic E-state index is 5.32. The van der Waals surface area contributed by atoms with E-state index in [1.807, 2.05) is 12.3 Å². The Morgan fingerprint density at radius 2 is 2.13 bits per heavy atom. The smallest absolute Gasteiger partial charge is 0.198 e. The Bertz CT molecular complexity index is 297. The van der Waals surface area contributed by atoms with Crippen molar-refractivity contribution in [3.05, 3.63) is 12.3 Å². The summed E-state index contributed by atoms with van der Waals surface area (Å²) in [4.78, 5) is 6.81. The zero-order chi connectivity index (χ0) is 10.1. The highest BCUT2D eigenvalue weighted by molar-refractivity contribution is 5.81. The van der Waals surface area contributed by atoms with Gasteiger partial charge in [0.25, 0.3) is 0 Å². The number of hydrogen-bond acceptors (Lipinski definition) is 4. The second-order valence-electron chi connectivity index (χ2n) is 4.69. The van der Waals surface area contributed by atoms with Crippen molar-refractivity contribution in [2.75, 3.05) is 32.8 Å². The number of nitrogens with zero attached hydrogens (tertiary/aromatic N) is 2. The lowest BCUT2D eigenvalue weighted by molar-refractivity contribution is -0.134. The highest BCUT2D eigenvalue weighted by Gasteiger charge is 2.41. The minimum Gasteiger partial charge on any atom is -0.380 e. The van der Waals surface area contributed by atoms with Gasteiger partial charge in [0, 0.05) is 24.7 Å². The summed E-state index contributed by atoms with van der Waals surface area (Å²) in [5, 5.41) is 3.22. The van der Waals surface area contributed by atoms with Crippen LogP contribution in [0.25, 0.3) is 0 Å². The lowest BCUT2D eigenvalue weighted by Crippen LogP contribution is -2.54. The van der Waals surface area contributed by atoms with E-state index in [1.165, 1.54) is 12.8 Å². The van der Waals surface area contributed by atoms with Crippen LogP contribution in [0, 0.1) is 5.41 Å². The average molecular weight is 207 g/mol. The van der Waals surface area contributed by atoms with Gasteiger partial charge in [-0.2, -0.15) is 0 Å². The SMILES string of the molecule is C1=CNC(N2CCC3(CC2)COC3)=NC1. The zero-order valence-corrected chi connectivity index (χ0v) is 8.91. The van der Waals surface area contributed by atoms with Gasteiger partial charge >= 0.3 is 0 Å². The van der Waals surface area contributed by atoms with Gasteiger partial charge in [-0.05, 0) is 18.9 Å². The fourth-order valence-electron chi connectivity index (χ4n) is 2.43. The summed E-state index contributed by atoms with van der Waals surface area (Å²) in [6.45, 7) is 4.99. The van der Waals surface area contributed by atoms with Crippen molar-refractivity contribution in [1.29, 1.82) is 0 Å². The molecule has 0 amide bonds. The molecule has 0 saturated carbocycles. The van der Waals surface area contributed by atoms with E-state index in [-0.39, 0.29) is 0 Å². The molecule has 3 aliphatic rings. The van der Waals surface area contributed by atoms with Crippen LogP contribution in [0.5, 0.6) is 0 Å². The monoisotopic (exact) mass is 207 g/mol. The first kappa shape index (κ1) is 9.21. The molecule has 4 nitrogen and oxygen atoms in total. The Morgan fingerprint density at radius 1 is 1.33 bits per heavy atom. The van der Waals surface area contributed by atoms with Crippen LogP contribution < -0.4 is 5.32 Å². The van der Waals surface area contributed by atoms with Crippen molar-refractivity contribution in [1.82, 2.24) is 10.2 Å². The molecule has 4 heteroatoms. The first-order valence-corrected chi connectivity index (χ1v) is 5.67. The van der Waals surface area contributed by atoms with E-state index in [9.17, 15) is 0 Å². The molecule has 0 aromatic carbocycles. The van der Waals surface area contributed by atoms with E-state index >= 15 is 0 Å². The van der Waals surface area contributed by atoms with Crippen LogP contribution in [0.15, 0.2) is 17.3 Å². The highest BCUT2D eigenvalue weighted by Crippen LogP contribution is 2.38. The molecule has 0 atom stereocenters. The quantitative estimate of drug-likeness (QED) is 0.631. The molecule has 1 spiro atoms. The molecule has 2 fully saturated rings. The predicted octanol–water partition coefficient (Wildman–Crippen LogP) is 0.572. The third kappa shape index (κ3) is 1.63. The van der Waals surface area contributed by atoms with E-state index in [1.54, 1.807) is 0 Å². The topological polar surface area (TPSA) is 36.9 Å². The second kappa shape index (κ2) is 3.52. The molecular weight excluding hydrogens is 190 g/mol. The van der Waals surface area contributed by atoms with Gasteiger partial charge in [0.15, 0.2) is 5.96 Å². The van der Waals surface area contributed by atoms with E-state index in [0.717, 1.165) is 38.8 Å². The lowest BCUT2D eigenvalue weighted by Gasteiger charge is -2.47. The van der Waals surface area contributed by atoms with Crippen molar-refractivity contribution in [3.63, 3.8) is 0 Å². The van der Waals surface area contributed by atoms with Crippen LogP contribution in [0.1, 0.15) is 12.8 Å². The molecule has 3 heterocycles. The number of ether oxygens (including phenoxy) is 1. The van der Waals surface area contributed by atoms with E-state index < -0.39 is 0 Å². The molecule has 82 valence electrons. The van der Waals surface area contributed by atoms with Crippen LogP contribution in [0.3, 0.4) is 0 Å². The standard InChI is InChI=1S/C11H17N3O/c1-4-12-10(13-5-1)14-6-2-11(3-7-14)8-15-9-11/h1,4H,2-3,5-9H2,(H,12,13). The molecule has 0 unspecified atom stereocenters. The number of aliphatic imine (C=N–C) groups is 1. The molecule has 0 radical (unpaired) electrons. The predicted molar refractivity (Wildman–Crippen MR) is 58.6 cm³/mol. The molecule has 0 aromatic heterocycles. The van der Waals surface area contributed by atoms with Gasteiger partial charge in [-0.1, -0.05) is 0 Å². The summed E-state index contributed by atoms with van der Waals surface area (Å²) in [5.74, 6) is 1.05. The van der Waals surface area contributed by atoms with Crippen molar-refractivity contribution >= 4 is 5.96 Å². The summed E-state index contributed by atoms with van der Waals surface area (Å²) in [5.41, 5.74) is 0.515. The van der Waals surface area contributed by atoms with Crippen molar-refractivity contribution in [3.8, 4) is 0 Å². The van der Waals surface area contributed by atoms with Gasteiger partial charge in [-0.25, -0.2) is 4.99 Å². The number of piperidine rings is 1. The molecule has 3 rings (SSSR count). The van der Waals surface area contributed by atoms with E-state index in [4.69, 9.17) is 4.74 Å². The number of nitrogens with one attached hydrogen (secondary N) is 1. The Labute approximate surface area is 90.0 Å². The molecule has 3 aliphatic heterocycles. The highest BCUT2D eigenvalue weighted by atomic mass is 16.5. The summed E-state index contributed by atoms with van der Waals surface area (Å²) < 4.78 is 5.32. The van der Waals surface area contributed by atoms with Gasteiger partial charge in [0.05, 0.1) is 19.8 Å². The van der Waals surface area contributed by atoms with Crippen molar-refractivity contribution in [2.24, 2.45) is 10.4 Å². The molecule has 2 saturated heterocycles. The maximum Gasteiger partial charge on any atom is 0.198 e. The van der Waals surface area contributed by atoms with Crippen LogP contribution in [-0.2, 0) is 4.74 Å². The largest absolute Gasteiger partial charge is 0.380 e. The first-order chi connectivity index (χ1) is 7.38. The van der Waals surface area contributed by atoms with Gasteiger partial charge in [-0.3, -0.25) is 0 Å². The van der Waals surface area contributed by atoms with Gasteiger partial charge in [0.1, 0.15) is 0 Å². The first-order valence-electron chi connectivity index (χ1n) is 5.67. The molecule has 0 aromatic rings. The summed E-state index contributed by atoms with van der Waals surface area (Å²) in [6.07, 6.45) is 6.52. The Balaban J connectivity index is 1.59. The molecule has 0 bridgehead atoms. The van der Waals surface area contributed by atoms with Gasteiger partial charge in [-0.15, -0.1) is 0 Å². The number of guanidine groups is 1. The van der Waals surface area contributed by atoms with Crippen LogP contribution in [0.4, 0.5) is 0 Å². The summed E-state index contributed by atoms with van der Waals surface area (Å²) >= 11 is 0. The fraction of sp³-hybridized carbons (Fsp3) is 0.727. The third-order valence-electron chi connectivity index (χ3n) is 3.62. The number of likely N-dealkylation sites (tertiary alicyclic amines) is 1. The van der Waals surface area contributed by atoms with Gasteiger partial charge < -0.3 is 15.0 Å². The van der Waals surface area contributed by atoms with Crippen molar-refractivity contribution < 1.29 is 4.74 Å². The van der Waals surface area contributed by atoms with Crippen LogP contribution >= 0.6 is 0 Å². The molecular formula is C11H17N3O. The summed E-state index contributed by atoms with van der Waals surface area (Å²) in [6, 6.07) is 0. The maximum atomic E-state index is 5.32. The Morgan fingerprint density at radius 3 is 2.67 bits per heavy atom. The fourth-order valence-corrected chi connectivity index (χ4v) is 2.43. The number of rotatable bonds is 0. The molecule has 1 N–H and O–H groups in total. The summed E-state index contributed by atoms with van der Waals surface area (Å²) in [7, 11) is 0. The Hall–Kier alpha value is -1.03. The second-order valence-corrected chi connectivity index (χ2v) is 4.69. The molecule has 0 aliphatic carbocycles. The van der Waals surface area contributed by atoms with Crippen LogP contribution in [-0.4, -0.2) is 43.7 Å². The molecule has 15 heavy (non-hydrogen) atoms. The third-order valence-corrected chi connectivity index (χ3v) is 3.62. The zero-order valence-electron chi connectivity index (χ0n) is 8.91. The van der Waals surface area contributed by atoms with E-state index in [2.05, 4.69) is 15.2 Å². The normalized spacial score (nSPS) is 28.3. The Kier molecular flexibility index (Phi) is 2.16. The average Bonchev–Trinajstić information content (AvgIpc) is 2.28. The van der Waals surface area contributed by atoms with Crippen LogP contribution in [0.2, 0.25) is 0 Å². The lowest BCUT2D eigenvalue weighted by atomic mass is 9.77. The minimum absolute atomic E-state index is 0.515. The number of hydrogen-bond donors (Lipinski definition) is 1.